The monoisotopic (exact) mass is 475 g/mol. The lowest BCUT2D eigenvalue weighted by Crippen LogP contribution is -2.36. The molecule has 3 atom stereocenters. The normalized spacial score (nSPS) is 20.9. The number of esters is 1. The molecule has 8 nitrogen and oxygen atoms in total. The van der Waals surface area contributed by atoms with Gasteiger partial charge in [-0.25, -0.2) is 0 Å². The Morgan fingerprint density at radius 3 is 2.69 bits per heavy atom. The number of hydrogen-bond donors (Lipinski definition) is 0. The van der Waals surface area contributed by atoms with Crippen LogP contribution in [0.5, 0.6) is 11.5 Å². The van der Waals surface area contributed by atoms with Crippen LogP contribution in [0.15, 0.2) is 45.9 Å². The van der Waals surface area contributed by atoms with Gasteiger partial charge in [0.05, 0.1) is 25.5 Å². The summed E-state index contributed by atoms with van der Waals surface area (Å²) in [5.74, 6) is 2.32. The Morgan fingerprint density at radius 1 is 1.14 bits per heavy atom. The molecule has 35 heavy (non-hydrogen) atoms. The van der Waals surface area contributed by atoms with E-state index in [4.69, 9.17) is 23.7 Å². The number of hydrogen-bond acceptors (Lipinski definition) is 8. The Labute approximate surface area is 204 Å². The van der Waals surface area contributed by atoms with Gasteiger partial charge in [0.25, 0.3) is 0 Å². The molecule has 0 amide bonds. The largest absolute Gasteiger partial charge is 0.493 e. The van der Waals surface area contributed by atoms with Crippen molar-refractivity contribution in [1.29, 1.82) is 0 Å². The van der Waals surface area contributed by atoms with Gasteiger partial charge in [0.1, 0.15) is 6.10 Å². The number of carbonyl (C=O) groups is 1. The summed E-state index contributed by atoms with van der Waals surface area (Å²) in [6.45, 7) is 5.73. The summed E-state index contributed by atoms with van der Waals surface area (Å²) in [4.78, 5) is 21.2. The number of benzene rings is 2. The van der Waals surface area contributed by atoms with Crippen molar-refractivity contribution >= 4 is 11.7 Å². The Kier molecular flexibility index (Phi) is 6.28. The second-order valence-electron chi connectivity index (χ2n) is 8.94. The van der Waals surface area contributed by atoms with Crippen molar-refractivity contribution in [2.75, 3.05) is 13.7 Å². The third kappa shape index (κ3) is 4.52. The predicted molar refractivity (Wildman–Crippen MR) is 130 cm³/mol. The minimum Gasteiger partial charge on any atom is -0.493 e. The number of methoxy groups -OCH3 is 1. The topological polar surface area (TPSA) is 96.0 Å². The van der Waals surface area contributed by atoms with Gasteiger partial charge in [0, 0.05) is 36.5 Å². The SMILES string of the molecule is CCOc1cc2c(cc1OC)C(c1cccc(-c3noc(C)n3)c1)=NC1CCC(OC(C)=O)CC21. The van der Waals surface area contributed by atoms with Gasteiger partial charge in [0.2, 0.25) is 11.7 Å². The van der Waals surface area contributed by atoms with Gasteiger partial charge >= 0.3 is 5.97 Å². The van der Waals surface area contributed by atoms with Gasteiger partial charge in [-0.15, -0.1) is 0 Å². The Hall–Kier alpha value is -3.68. The van der Waals surface area contributed by atoms with Crippen molar-refractivity contribution < 1.29 is 23.5 Å². The van der Waals surface area contributed by atoms with Crippen LogP contribution in [-0.4, -0.2) is 47.7 Å². The van der Waals surface area contributed by atoms with Gasteiger partial charge in [-0.3, -0.25) is 9.79 Å². The first-order valence-corrected chi connectivity index (χ1v) is 12.0. The van der Waals surface area contributed by atoms with Crippen LogP contribution in [-0.2, 0) is 9.53 Å². The van der Waals surface area contributed by atoms with Crippen molar-refractivity contribution in [3.8, 4) is 22.9 Å². The Morgan fingerprint density at radius 2 is 1.97 bits per heavy atom. The highest BCUT2D eigenvalue weighted by molar-refractivity contribution is 6.15. The van der Waals surface area contributed by atoms with E-state index in [0.717, 1.165) is 47.2 Å². The molecule has 0 saturated heterocycles. The highest BCUT2D eigenvalue weighted by Crippen LogP contribution is 2.45. The molecule has 2 heterocycles. The van der Waals surface area contributed by atoms with Crippen molar-refractivity contribution in [3.63, 3.8) is 0 Å². The van der Waals surface area contributed by atoms with Crippen LogP contribution in [0.25, 0.3) is 11.4 Å². The van der Waals surface area contributed by atoms with E-state index in [0.29, 0.717) is 29.8 Å². The zero-order chi connectivity index (χ0) is 24.5. The van der Waals surface area contributed by atoms with Crippen LogP contribution in [0.1, 0.15) is 61.6 Å². The standard InChI is InChI=1S/C27H29N3O5/c1-5-33-25-13-20-21-12-19(34-16(3)31)9-10-23(21)29-26(22(20)14-24(25)32-4)17-7-6-8-18(11-17)27-28-15(2)35-30-27/h6-8,11,13-14,19,21,23H,5,9-10,12H2,1-4H3. The van der Waals surface area contributed by atoms with Crippen LogP contribution in [0.2, 0.25) is 0 Å². The first-order chi connectivity index (χ1) is 17.0. The first kappa shape index (κ1) is 23.1. The molecule has 2 aliphatic rings. The van der Waals surface area contributed by atoms with Crippen LogP contribution in [0.3, 0.4) is 0 Å². The van der Waals surface area contributed by atoms with Gasteiger partial charge in [-0.1, -0.05) is 23.4 Å². The van der Waals surface area contributed by atoms with Gasteiger partial charge < -0.3 is 18.7 Å². The highest BCUT2D eigenvalue weighted by Gasteiger charge is 2.38. The second kappa shape index (κ2) is 9.52. The van der Waals surface area contributed by atoms with E-state index >= 15 is 0 Å². The highest BCUT2D eigenvalue weighted by atomic mass is 16.5. The average Bonchev–Trinajstić information content (AvgIpc) is 3.29. The fourth-order valence-electron chi connectivity index (χ4n) is 5.15. The molecule has 8 heteroatoms. The third-order valence-electron chi connectivity index (χ3n) is 6.61. The molecule has 1 saturated carbocycles. The van der Waals surface area contributed by atoms with E-state index in [1.165, 1.54) is 6.92 Å². The Bertz CT molecular complexity index is 1280. The summed E-state index contributed by atoms with van der Waals surface area (Å²) in [5, 5.41) is 4.07. The van der Waals surface area contributed by atoms with Crippen molar-refractivity contribution in [1.82, 2.24) is 10.1 Å². The molecule has 0 bridgehead atoms. The maximum atomic E-state index is 11.6. The summed E-state index contributed by atoms with van der Waals surface area (Å²) in [6, 6.07) is 12.2. The lowest BCUT2D eigenvalue weighted by atomic mass is 9.74. The number of carbonyl (C=O) groups excluding carboxylic acids is 1. The van der Waals surface area contributed by atoms with Crippen molar-refractivity contribution in [3.05, 3.63) is 59.0 Å². The molecule has 0 radical (unpaired) electrons. The summed E-state index contributed by atoms with van der Waals surface area (Å²) in [5.41, 5.74) is 4.87. The van der Waals surface area contributed by atoms with Gasteiger partial charge in [0.15, 0.2) is 11.5 Å². The molecule has 1 fully saturated rings. The number of aryl methyl sites for hydroxylation is 1. The number of aliphatic imine (C=N–C) groups is 1. The fourth-order valence-corrected chi connectivity index (χ4v) is 5.15. The molecule has 0 spiro atoms. The number of rotatable bonds is 6. The molecule has 3 aromatic rings. The van der Waals surface area contributed by atoms with Crippen LogP contribution >= 0.6 is 0 Å². The molecular formula is C27H29N3O5. The van der Waals surface area contributed by atoms with E-state index < -0.39 is 0 Å². The fraction of sp³-hybridized carbons (Fsp3) is 0.407. The molecular weight excluding hydrogens is 446 g/mol. The minimum atomic E-state index is -0.244. The lowest BCUT2D eigenvalue weighted by Gasteiger charge is -2.38. The maximum Gasteiger partial charge on any atom is 0.302 e. The first-order valence-electron chi connectivity index (χ1n) is 12.0. The number of aromatic nitrogens is 2. The number of ether oxygens (including phenoxy) is 3. The van der Waals surface area contributed by atoms with Crippen molar-refractivity contribution in [2.45, 2.75) is 58.1 Å². The molecule has 182 valence electrons. The summed E-state index contributed by atoms with van der Waals surface area (Å²) in [7, 11) is 1.64. The maximum absolute atomic E-state index is 11.6. The van der Waals surface area contributed by atoms with E-state index in [2.05, 4.69) is 16.2 Å². The van der Waals surface area contributed by atoms with Crippen molar-refractivity contribution in [2.24, 2.45) is 4.99 Å². The zero-order valence-electron chi connectivity index (χ0n) is 20.4. The molecule has 5 rings (SSSR count). The Balaban J connectivity index is 1.61. The van der Waals surface area contributed by atoms with Crippen LogP contribution < -0.4 is 9.47 Å². The summed E-state index contributed by atoms with van der Waals surface area (Å²) < 4.78 is 22.3. The summed E-state index contributed by atoms with van der Waals surface area (Å²) >= 11 is 0. The van der Waals surface area contributed by atoms with Crippen LogP contribution in [0.4, 0.5) is 0 Å². The van der Waals surface area contributed by atoms with Gasteiger partial charge in [-0.2, -0.15) is 4.98 Å². The third-order valence-corrected chi connectivity index (χ3v) is 6.61. The molecule has 3 unspecified atom stereocenters. The van der Waals surface area contributed by atoms with E-state index in [-0.39, 0.29) is 24.0 Å². The van der Waals surface area contributed by atoms with E-state index in [9.17, 15) is 4.79 Å². The van der Waals surface area contributed by atoms with Gasteiger partial charge in [-0.05, 0) is 49.9 Å². The molecule has 0 N–H and O–H groups in total. The lowest BCUT2D eigenvalue weighted by molar-refractivity contribution is -0.148. The molecule has 1 aliphatic heterocycles. The average molecular weight is 476 g/mol. The smallest absolute Gasteiger partial charge is 0.302 e. The predicted octanol–water partition coefficient (Wildman–Crippen LogP) is 4.87. The molecule has 2 aromatic carbocycles. The van der Waals surface area contributed by atoms with E-state index in [1.807, 2.05) is 37.3 Å². The zero-order valence-corrected chi connectivity index (χ0v) is 20.4. The second-order valence-corrected chi connectivity index (χ2v) is 8.94. The molecule has 1 aliphatic carbocycles. The van der Waals surface area contributed by atoms with E-state index in [1.54, 1.807) is 14.0 Å². The molecule has 1 aromatic heterocycles. The number of fused-ring (bicyclic) bond motifs is 3. The number of nitrogens with zero attached hydrogens (tertiary/aromatic N) is 3. The summed E-state index contributed by atoms with van der Waals surface area (Å²) in [6.07, 6.45) is 2.25. The minimum absolute atomic E-state index is 0.0863. The quantitative estimate of drug-likeness (QED) is 0.469. The van der Waals surface area contributed by atoms with Crippen LogP contribution in [0, 0.1) is 6.92 Å².